The minimum Gasteiger partial charge on any atom is -0.493 e. The molecule has 0 N–H and O–H groups in total. The molecule has 132 valence electrons. The van der Waals surface area contributed by atoms with Crippen LogP contribution in [0.1, 0.15) is 27.9 Å². The fraction of sp³-hybridized carbons (Fsp3) is 0.316. The van der Waals surface area contributed by atoms with Crippen molar-refractivity contribution in [2.45, 2.75) is 26.4 Å². The molecule has 0 radical (unpaired) electrons. The minimum absolute atomic E-state index is 0.0630. The van der Waals surface area contributed by atoms with Gasteiger partial charge in [-0.3, -0.25) is 4.79 Å². The van der Waals surface area contributed by atoms with Crippen molar-refractivity contribution >= 4 is 11.6 Å². The van der Waals surface area contributed by atoms with Gasteiger partial charge in [0.2, 0.25) is 0 Å². The van der Waals surface area contributed by atoms with Crippen molar-refractivity contribution in [3.8, 4) is 11.5 Å². The van der Waals surface area contributed by atoms with Crippen LogP contribution in [0.25, 0.3) is 0 Å². The lowest BCUT2D eigenvalue weighted by atomic mass is 9.98. The van der Waals surface area contributed by atoms with Crippen LogP contribution in [-0.4, -0.2) is 26.2 Å². The summed E-state index contributed by atoms with van der Waals surface area (Å²) < 4.78 is 35.3. The number of halogens is 2. The molecule has 0 saturated heterocycles. The van der Waals surface area contributed by atoms with Crippen LogP contribution in [0.5, 0.6) is 11.5 Å². The minimum atomic E-state index is -3.04. The van der Waals surface area contributed by atoms with Crippen LogP contribution in [0.3, 0.4) is 0 Å². The van der Waals surface area contributed by atoms with Gasteiger partial charge in [0, 0.05) is 12.2 Å². The molecule has 6 heteroatoms. The Morgan fingerprint density at radius 2 is 2.04 bits per heavy atom. The number of para-hydroxylation sites is 1. The summed E-state index contributed by atoms with van der Waals surface area (Å²) in [7, 11) is 1.35. The molecule has 0 aliphatic carbocycles. The quantitative estimate of drug-likeness (QED) is 0.832. The summed E-state index contributed by atoms with van der Waals surface area (Å²) in [5.41, 5.74) is 3.08. The highest BCUT2D eigenvalue weighted by Crippen LogP contribution is 2.36. The Morgan fingerprint density at radius 3 is 2.76 bits per heavy atom. The Bertz CT molecular complexity index is 792. The van der Waals surface area contributed by atoms with Crippen LogP contribution >= 0.6 is 0 Å². The van der Waals surface area contributed by atoms with Gasteiger partial charge in [-0.25, -0.2) is 0 Å². The van der Waals surface area contributed by atoms with Gasteiger partial charge in [-0.15, -0.1) is 0 Å². The number of nitrogens with zero attached hydrogens (tertiary/aromatic N) is 1. The monoisotopic (exact) mass is 347 g/mol. The molecule has 0 saturated carbocycles. The number of fused-ring (bicyclic) bond motifs is 1. The van der Waals surface area contributed by atoms with E-state index in [-0.39, 0.29) is 23.0 Å². The predicted molar refractivity (Wildman–Crippen MR) is 90.8 cm³/mol. The highest BCUT2D eigenvalue weighted by molar-refractivity contribution is 6.09. The number of rotatable bonds is 4. The van der Waals surface area contributed by atoms with Gasteiger partial charge in [0.05, 0.1) is 12.7 Å². The molecule has 1 heterocycles. The van der Waals surface area contributed by atoms with Gasteiger partial charge in [-0.05, 0) is 43.5 Å². The maximum atomic E-state index is 13.1. The van der Waals surface area contributed by atoms with Crippen molar-refractivity contribution in [1.29, 1.82) is 0 Å². The summed E-state index contributed by atoms with van der Waals surface area (Å²) >= 11 is 0. The number of aryl methyl sites for hydroxylation is 2. The van der Waals surface area contributed by atoms with Crippen molar-refractivity contribution in [2.24, 2.45) is 0 Å². The summed E-state index contributed by atoms with van der Waals surface area (Å²) in [5, 5.41) is 0. The first kappa shape index (κ1) is 17.2. The average molecular weight is 347 g/mol. The molecule has 3 rings (SSSR count). The molecule has 1 aliphatic heterocycles. The van der Waals surface area contributed by atoms with Gasteiger partial charge in [-0.2, -0.15) is 8.78 Å². The number of ether oxygens (including phenoxy) is 2. The van der Waals surface area contributed by atoms with E-state index in [2.05, 4.69) is 10.8 Å². The van der Waals surface area contributed by atoms with E-state index in [1.807, 2.05) is 19.1 Å². The smallest absolute Gasteiger partial charge is 0.387 e. The van der Waals surface area contributed by atoms with E-state index in [0.29, 0.717) is 6.54 Å². The van der Waals surface area contributed by atoms with Crippen molar-refractivity contribution in [2.75, 3.05) is 18.6 Å². The van der Waals surface area contributed by atoms with Gasteiger partial charge in [0.1, 0.15) is 0 Å². The number of amides is 1. The molecule has 0 atom stereocenters. The van der Waals surface area contributed by atoms with Crippen LogP contribution in [0.2, 0.25) is 0 Å². The molecule has 25 heavy (non-hydrogen) atoms. The van der Waals surface area contributed by atoms with Crippen LogP contribution in [0.15, 0.2) is 36.4 Å². The number of carbonyl (C=O) groups excluding carboxylic acids is 1. The topological polar surface area (TPSA) is 38.8 Å². The SMILES string of the molecule is COc1cccc(C(=O)N2CCCc3cc(C)ccc32)c1OC(F)F. The Morgan fingerprint density at radius 1 is 1.24 bits per heavy atom. The number of carbonyl (C=O) groups is 1. The number of anilines is 1. The molecule has 0 aromatic heterocycles. The molecule has 4 nitrogen and oxygen atoms in total. The molecular formula is C19H19F2NO3. The summed E-state index contributed by atoms with van der Waals surface area (Å²) in [6.07, 6.45) is 1.70. The molecule has 0 bridgehead atoms. The van der Waals surface area contributed by atoms with Crippen LogP contribution in [0.4, 0.5) is 14.5 Å². The Balaban J connectivity index is 2.03. The number of hydrogen-bond acceptors (Lipinski definition) is 3. The van der Waals surface area contributed by atoms with Crippen molar-refractivity contribution in [3.05, 3.63) is 53.1 Å². The second kappa shape index (κ2) is 7.09. The van der Waals surface area contributed by atoms with Crippen molar-refractivity contribution in [3.63, 3.8) is 0 Å². The first-order chi connectivity index (χ1) is 12.0. The zero-order valence-corrected chi connectivity index (χ0v) is 14.1. The molecule has 2 aromatic rings. The van der Waals surface area contributed by atoms with Crippen LogP contribution < -0.4 is 14.4 Å². The number of methoxy groups -OCH3 is 1. The summed E-state index contributed by atoms with van der Waals surface area (Å²) in [6, 6.07) is 10.4. The Hall–Kier alpha value is -2.63. The molecule has 0 fully saturated rings. The molecule has 2 aromatic carbocycles. The number of benzene rings is 2. The van der Waals surface area contributed by atoms with E-state index < -0.39 is 6.61 Å². The third kappa shape index (κ3) is 3.43. The van der Waals surface area contributed by atoms with Crippen molar-refractivity contribution < 1.29 is 23.0 Å². The van der Waals surface area contributed by atoms with E-state index >= 15 is 0 Å². The molecule has 0 spiro atoms. The van der Waals surface area contributed by atoms with Gasteiger partial charge in [0.25, 0.3) is 5.91 Å². The lowest BCUT2D eigenvalue weighted by molar-refractivity contribution is -0.0515. The largest absolute Gasteiger partial charge is 0.493 e. The predicted octanol–water partition coefficient (Wildman–Crippen LogP) is 4.20. The Labute approximate surface area is 145 Å². The molecular weight excluding hydrogens is 328 g/mol. The fourth-order valence-electron chi connectivity index (χ4n) is 3.14. The third-order valence-electron chi connectivity index (χ3n) is 4.23. The zero-order chi connectivity index (χ0) is 18.0. The lowest BCUT2D eigenvalue weighted by Gasteiger charge is -2.30. The van der Waals surface area contributed by atoms with E-state index in [1.54, 1.807) is 11.0 Å². The van der Waals surface area contributed by atoms with Crippen LogP contribution in [0, 0.1) is 6.92 Å². The third-order valence-corrected chi connectivity index (χ3v) is 4.23. The van der Waals surface area contributed by atoms with Crippen molar-refractivity contribution in [1.82, 2.24) is 0 Å². The maximum absolute atomic E-state index is 13.1. The molecule has 0 unspecified atom stereocenters. The van der Waals surface area contributed by atoms with E-state index in [0.717, 1.165) is 29.7 Å². The first-order valence-corrected chi connectivity index (χ1v) is 8.04. The fourth-order valence-corrected chi connectivity index (χ4v) is 3.14. The standard InChI is InChI=1S/C19H19F2NO3/c1-12-8-9-15-13(11-12)5-4-10-22(15)18(23)14-6-3-7-16(24-2)17(14)25-19(20)21/h3,6-9,11,19H,4-5,10H2,1-2H3. The van der Waals surface area contributed by atoms with Gasteiger partial charge >= 0.3 is 6.61 Å². The second-order valence-electron chi connectivity index (χ2n) is 5.91. The highest BCUT2D eigenvalue weighted by Gasteiger charge is 2.28. The first-order valence-electron chi connectivity index (χ1n) is 8.04. The van der Waals surface area contributed by atoms with Gasteiger partial charge in [0.15, 0.2) is 11.5 Å². The molecule has 1 aliphatic rings. The lowest BCUT2D eigenvalue weighted by Crippen LogP contribution is -2.35. The number of alkyl halides is 2. The second-order valence-corrected chi connectivity index (χ2v) is 5.91. The van der Waals surface area contributed by atoms with Crippen LogP contribution in [-0.2, 0) is 6.42 Å². The summed E-state index contributed by atoms with van der Waals surface area (Å²) in [5.74, 6) is -0.504. The average Bonchev–Trinajstić information content (AvgIpc) is 2.60. The van der Waals surface area contributed by atoms with Gasteiger partial charge in [-0.1, -0.05) is 23.8 Å². The zero-order valence-electron chi connectivity index (χ0n) is 14.1. The van der Waals surface area contributed by atoms with Gasteiger partial charge < -0.3 is 14.4 Å². The number of hydrogen-bond donors (Lipinski definition) is 0. The summed E-state index contributed by atoms with van der Waals surface area (Å²) in [4.78, 5) is 14.7. The normalized spacial score (nSPS) is 13.6. The van der Waals surface area contributed by atoms with E-state index in [4.69, 9.17) is 4.74 Å². The van der Waals surface area contributed by atoms with E-state index in [1.165, 1.54) is 19.2 Å². The highest BCUT2D eigenvalue weighted by atomic mass is 19.3. The summed E-state index contributed by atoms with van der Waals surface area (Å²) in [6.45, 7) is -0.517. The maximum Gasteiger partial charge on any atom is 0.387 e. The Kier molecular flexibility index (Phi) is 4.88. The molecule has 1 amide bonds. The van der Waals surface area contributed by atoms with E-state index in [9.17, 15) is 13.6 Å².